The van der Waals surface area contributed by atoms with Gasteiger partial charge in [0.1, 0.15) is 0 Å². The molecular formula is C20H17Cl3FN3O2. The molecule has 0 spiro atoms. The van der Waals surface area contributed by atoms with E-state index in [4.69, 9.17) is 34.8 Å². The van der Waals surface area contributed by atoms with Gasteiger partial charge < -0.3 is 10.6 Å². The lowest BCUT2D eigenvalue weighted by Gasteiger charge is -2.72. The third-order valence-electron chi connectivity index (χ3n) is 6.01. The Hall–Kier alpha value is -1.89. The van der Waals surface area contributed by atoms with Gasteiger partial charge in [0.05, 0.1) is 21.9 Å². The maximum absolute atomic E-state index is 13.5. The van der Waals surface area contributed by atoms with Crippen molar-refractivity contribution in [2.45, 2.75) is 31.7 Å². The second-order valence-corrected chi connectivity index (χ2v) is 9.14. The highest BCUT2D eigenvalue weighted by molar-refractivity contribution is 6.42. The number of benzene rings is 1. The average Bonchev–Trinajstić information content (AvgIpc) is 2.61. The van der Waals surface area contributed by atoms with Crippen LogP contribution in [0.2, 0.25) is 15.2 Å². The van der Waals surface area contributed by atoms with Crippen LogP contribution in [0.25, 0.3) is 0 Å². The number of aromatic nitrogens is 1. The van der Waals surface area contributed by atoms with Crippen molar-refractivity contribution in [2.75, 3.05) is 5.32 Å². The summed E-state index contributed by atoms with van der Waals surface area (Å²) in [5.41, 5.74) is 0.262. The van der Waals surface area contributed by atoms with E-state index in [1.165, 1.54) is 12.3 Å². The van der Waals surface area contributed by atoms with Crippen LogP contribution >= 0.6 is 34.8 Å². The Morgan fingerprint density at radius 2 is 1.83 bits per heavy atom. The summed E-state index contributed by atoms with van der Waals surface area (Å²) in [4.78, 5) is 28.8. The molecule has 0 aliphatic heterocycles. The summed E-state index contributed by atoms with van der Waals surface area (Å²) in [6.07, 6.45) is 3.47. The molecule has 2 amide bonds. The third kappa shape index (κ3) is 3.58. The molecule has 5 nitrogen and oxygen atoms in total. The van der Waals surface area contributed by atoms with E-state index in [0.29, 0.717) is 15.6 Å². The van der Waals surface area contributed by atoms with E-state index in [0.717, 1.165) is 25.3 Å². The molecule has 1 aromatic carbocycles. The molecule has 5 rings (SSSR count). The van der Waals surface area contributed by atoms with E-state index < -0.39 is 5.82 Å². The standard InChI is InChI=1S/C20H17Cl3FN3O2/c1-10(17(28)26-12-5-15(24)16(23)25-6-12)19-7-20(8-19,9-19)27-18(29)11-2-3-13(21)14(22)4-11/h2-6,10H,7-9H2,1H3,(H,26,28)(H,27,29). The Kier molecular flexibility index (Phi) is 5.00. The van der Waals surface area contributed by atoms with Gasteiger partial charge in [-0.2, -0.15) is 0 Å². The Balaban J connectivity index is 1.35. The van der Waals surface area contributed by atoms with Crippen molar-refractivity contribution in [3.8, 4) is 0 Å². The minimum absolute atomic E-state index is 0.159. The number of nitrogens with one attached hydrogen (secondary N) is 2. The first-order valence-electron chi connectivity index (χ1n) is 9.03. The van der Waals surface area contributed by atoms with Crippen LogP contribution in [-0.4, -0.2) is 22.3 Å². The zero-order chi connectivity index (χ0) is 21.0. The maximum atomic E-state index is 13.5. The summed E-state index contributed by atoms with van der Waals surface area (Å²) >= 11 is 17.4. The first-order chi connectivity index (χ1) is 13.6. The van der Waals surface area contributed by atoms with Gasteiger partial charge in [0.2, 0.25) is 5.91 Å². The monoisotopic (exact) mass is 455 g/mol. The van der Waals surface area contributed by atoms with E-state index in [-0.39, 0.29) is 39.5 Å². The van der Waals surface area contributed by atoms with E-state index in [2.05, 4.69) is 15.6 Å². The Bertz CT molecular complexity index is 1010. The molecule has 1 aromatic heterocycles. The van der Waals surface area contributed by atoms with Crippen LogP contribution in [0.4, 0.5) is 10.1 Å². The first kappa shape index (κ1) is 20.4. The molecule has 2 aromatic rings. The molecule has 0 radical (unpaired) electrons. The van der Waals surface area contributed by atoms with Crippen LogP contribution in [-0.2, 0) is 4.79 Å². The van der Waals surface area contributed by atoms with Crippen molar-refractivity contribution in [1.82, 2.24) is 10.3 Å². The number of halogens is 4. The smallest absolute Gasteiger partial charge is 0.251 e. The Labute approximate surface area is 181 Å². The van der Waals surface area contributed by atoms with Crippen molar-refractivity contribution in [3.63, 3.8) is 0 Å². The van der Waals surface area contributed by atoms with Gasteiger partial charge in [-0.1, -0.05) is 41.7 Å². The summed E-state index contributed by atoms with van der Waals surface area (Å²) in [6, 6.07) is 5.89. The quantitative estimate of drug-likeness (QED) is 0.614. The van der Waals surface area contributed by atoms with Crippen LogP contribution in [0, 0.1) is 17.2 Å². The number of pyridine rings is 1. The lowest BCUT2D eigenvalue weighted by atomic mass is 9.36. The molecule has 1 heterocycles. The van der Waals surface area contributed by atoms with Crippen LogP contribution in [0.3, 0.4) is 0 Å². The highest BCUT2D eigenvalue weighted by Crippen LogP contribution is 2.70. The number of amides is 2. The molecule has 3 aliphatic carbocycles. The van der Waals surface area contributed by atoms with Crippen molar-refractivity contribution in [1.29, 1.82) is 0 Å². The van der Waals surface area contributed by atoms with Gasteiger partial charge in [0.15, 0.2) is 11.0 Å². The summed E-state index contributed by atoms with van der Waals surface area (Å²) in [5.74, 6) is -1.40. The highest BCUT2D eigenvalue weighted by Gasteiger charge is 2.71. The Morgan fingerprint density at radius 3 is 2.45 bits per heavy atom. The molecule has 0 saturated heterocycles. The predicted molar refractivity (Wildman–Crippen MR) is 110 cm³/mol. The first-order valence-corrected chi connectivity index (χ1v) is 10.2. The van der Waals surface area contributed by atoms with Crippen molar-refractivity contribution in [3.05, 3.63) is 57.0 Å². The Morgan fingerprint density at radius 1 is 1.14 bits per heavy atom. The number of hydrogen-bond donors (Lipinski definition) is 2. The van der Waals surface area contributed by atoms with Crippen molar-refractivity contribution >= 4 is 52.3 Å². The number of carbonyl (C=O) groups is 2. The minimum Gasteiger partial charge on any atom is -0.347 e. The fraction of sp³-hybridized carbons (Fsp3) is 0.350. The lowest BCUT2D eigenvalue weighted by molar-refractivity contribution is -0.184. The number of rotatable bonds is 5. The molecule has 2 bridgehead atoms. The number of nitrogens with zero attached hydrogens (tertiary/aromatic N) is 1. The molecule has 3 fully saturated rings. The van der Waals surface area contributed by atoms with Crippen LogP contribution in [0.15, 0.2) is 30.5 Å². The zero-order valence-electron chi connectivity index (χ0n) is 15.4. The lowest BCUT2D eigenvalue weighted by Crippen LogP contribution is -2.77. The maximum Gasteiger partial charge on any atom is 0.251 e. The topological polar surface area (TPSA) is 71.1 Å². The molecule has 9 heteroatoms. The number of hydrogen-bond acceptors (Lipinski definition) is 3. The summed E-state index contributed by atoms with van der Waals surface area (Å²) < 4.78 is 13.5. The van der Waals surface area contributed by atoms with Crippen LogP contribution in [0.5, 0.6) is 0 Å². The fourth-order valence-corrected chi connectivity index (χ4v) is 4.83. The van der Waals surface area contributed by atoms with Gasteiger partial charge in [0.25, 0.3) is 5.91 Å². The minimum atomic E-state index is -0.688. The summed E-state index contributed by atoms with van der Waals surface area (Å²) in [7, 11) is 0. The zero-order valence-corrected chi connectivity index (χ0v) is 17.6. The molecule has 3 aliphatic rings. The van der Waals surface area contributed by atoms with Crippen molar-refractivity contribution in [2.24, 2.45) is 11.3 Å². The van der Waals surface area contributed by atoms with Gasteiger partial charge in [0, 0.05) is 23.1 Å². The van der Waals surface area contributed by atoms with Gasteiger partial charge in [-0.3, -0.25) is 9.59 Å². The normalized spacial score (nSPS) is 25.4. The largest absolute Gasteiger partial charge is 0.347 e. The van der Waals surface area contributed by atoms with Gasteiger partial charge in [-0.15, -0.1) is 0 Å². The predicted octanol–water partition coefficient (Wildman–Crippen LogP) is 5.11. The van der Waals surface area contributed by atoms with Gasteiger partial charge in [-0.25, -0.2) is 9.37 Å². The van der Waals surface area contributed by atoms with E-state index in [1.807, 2.05) is 6.92 Å². The number of carbonyl (C=O) groups excluding carboxylic acids is 2. The van der Waals surface area contributed by atoms with Crippen LogP contribution in [0.1, 0.15) is 36.5 Å². The third-order valence-corrected chi connectivity index (χ3v) is 7.02. The molecule has 1 unspecified atom stereocenters. The summed E-state index contributed by atoms with van der Waals surface area (Å²) in [6.45, 7) is 1.85. The second kappa shape index (κ2) is 7.11. The van der Waals surface area contributed by atoms with Gasteiger partial charge >= 0.3 is 0 Å². The SMILES string of the molecule is CC(C(=O)Nc1cnc(Cl)c(F)c1)C12CC(NC(=O)c3ccc(Cl)c(Cl)c3)(C1)C2. The fourth-order valence-electron chi connectivity index (χ4n) is 4.43. The van der Waals surface area contributed by atoms with Crippen LogP contribution < -0.4 is 10.6 Å². The number of anilines is 1. The summed E-state index contributed by atoms with van der Waals surface area (Å²) in [5, 5.41) is 6.22. The van der Waals surface area contributed by atoms with E-state index in [1.54, 1.807) is 12.1 Å². The molecule has 152 valence electrons. The molecule has 3 saturated carbocycles. The molecule has 2 N–H and O–H groups in total. The van der Waals surface area contributed by atoms with Crippen molar-refractivity contribution < 1.29 is 14.0 Å². The van der Waals surface area contributed by atoms with E-state index >= 15 is 0 Å². The van der Waals surface area contributed by atoms with E-state index in [9.17, 15) is 14.0 Å². The molecule has 29 heavy (non-hydrogen) atoms. The molecular weight excluding hydrogens is 440 g/mol. The molecule has 1 atom stereocenters. The second-order valence-electron chi connectivity index (χ2n) is 7.96. The van der Waals surface area contributed by atoms with Gasteiger partial charge in [-0.05, 0) is 42.9 Å². The highest BCUT2D eigenvalue weighted by atomic mass is 35.5. The average molecular weight is 457 g/mol.